The molecular formula is C25H18OS2. The van der Waals surface area contributed by atoms with Crippen molar-refractivity contribution >= 4 is 25.3 Å². The highest BCUT2D eigenvalue weighted by molar-refractivity contribution is 7.80. The van der Waals surface area contributed by atoms with Crippen LogP contribution in [0.5, 0.6) is 11.5 Å². The van der Waals surface area contributed by atoms with Gasteiger partial charge in [0.2, 0.25) is 0 Å². The van der Waals surface area contributed by atoms with Gasteiger partial charge >= 0.3 is 0 Å². The van der Waals surface area contributed by atoms with Gasteiger partial charge in [0, 0.05) is 20.9 Å². The van der Waals surface area contributed by atoms with Gasteiger partial charge in [-0.2, -0.15) is 0 Å². The molecule has 4 aromatic carbocycles. The Hall–Kier alpha value is -2.62. The van der Waals surface area contributed by atoms with Crippen molar-refractivity contribution in [3.8, 4) is 11.5 Å². The highest BCUT2D eigenvalue weighted by Gasteiger charge is 2.46. The molecule has 0 unspecified atom stereocenters. The summed E-state index contributed by atoms with van der Waals surface area (Å²) in [5.41, 5.74) is 4.03. The van der Waals surface area contributed by atoms with Gasteiger partial charge in [-0.15, -0.1) is 25.3 Å². The van der Waals surface area contributed by atoms with Gasteiger partial charge in [-0.25, -0.2) is 0 Å². The highest BCUT2D eigenvalue weighted by atomic mass is 32.1. The molecule has 0 N–H and O–H groups in total. The molecule has 5 rings (SSSR count). The van der Waals surface area contributed by atoms with Gasteiger partial charge in [-0.05, 0) is 23.3 Å². The molecule has 4 aromatic rings. The van der Waals surface area contributed by atoms with Crippen LogP contribution in [-0.2, 0) is 5.41 Å². The van der Waals surface area contributed by atoms with Crippen LogP contribution < -0.4 is 4.74 Å². The lowest BCUT2D eigenvalue weighted by Gasteiger charge is -2.42. The summed E-state index contributed by atoms with van der Waals surface area (Å²) in [4.78, 5) is 1.63. The SMILES string of the molecule is Sc1cccc2c1Oc1c(S)cccc1C2(c1ccccc1)c1ccccc1. The number of ether oxygens (including phenoxy) is 1. The first-order chi connectivity index (χ1) is 13.7. The van der Waals surface area contributed by atoms with Gasteiger partial charge in [0.15, 0.2) is 0 Å². The first kappa shape index (κ1) is 17.5. The Morgan fingerprint density at radius 1 is 0.500 bits per heavy atom. The van der Waals surface area contributed by atoms with E-state index in [1.807, 2.05) is 36.4 Å². The van der Waals surface area contributed by atoms with Crippen LogP contribution in [-0.4, -0.2) is 0 Å². The maximum absolute atomic E-state index is 6.38. The lowest BCUT2D eigenvalue weighted by molar-refractivity contribution is 0.414. The second kappa shape index (κ2) is 6.77. The van der Waals surface area contributed by atoms with Crippen LogP contribution in [0.4, 0.5) is 0 Å². The average Bonchev–Trinajstić information content (AvgIpc) is 2.75. The van der Waals surface area contributed by atoms with Crippen LogP contribution in [0, 0.1) is 0 Å². The molecule has 1 aliphatic heterocycles. The van der Waals surface area contributed by atoms with E-state index >= 15 is 0 Å². The van der Waals surface area contributed by atoms with E-state index in [4.69, 9.17) is 30.0 Å². The fraction of sp³-hybridized carbons (Fsp3) is 0.0400. The van der Waals surface area contributed by atoms with Crippen molar-refractivity contribution in [2.75, 3.05) is 0 Å². The van der Waals surface area contributed by atoms with Crippen LogP contribution in [0.2, 0.25) is 0 Å². The van der Waals surface area contributed by atoms with Crippen LogP contribution in [0.1, 0.15) is 22.3 Å². The van der Waals surface area contributed by atoms with Crippen LogP contribution in [0.15, 0.2) is 107 Å². The number of rotatable bonds is 2. The molecule has 0 amide bonds. The molecule has 1 nitrogen and oxygen atoms in total. The molecule has 0 radical (unpaired) electrons. The lowest BCUT2D eigenvalue weighted by Crippen LogP contribution is -2.34. The minimum atomic E-state index is -0.511. The first-order valence-electron chi connectivity index (χ1n) is 9.16. The van der Waals surface area contributed by atoms with E-state index in [1.54, 1.807) is 0 Å². The molecule has 1 aliphatic rings. The zero-order valence-corrected chi connectivity index (χ0v) is 16.8. The molecule has 0 fully saturated rings. The Morgan fingerprint density at radius 2 is 0.929 bits per heavy atom. The third-order valence-electron chi connectivity index (χ3n) is 5.41. The van der Waals surface area contributed by atoms with E-state index in [9.17, 15) is 0 Å². The smallest absolute Gasteiger partial charge is 0.145 e. The zero-order valence-electron chi connectivity index (χ0n) is 15.0. The molecule has 0 saturated carbocycles. The molecule has 0 atom stereocenters. The molecule has 0 bridgehead atoms. The predicted molar refractivity (Wildman–Crippen MR) is 119 cm³/mol. The van der Waals surface area contributed by atoms with Crippen molar-refractivity contribution in [1.82, 2.24) is 0 Å². The van der Waals surface area contributed by atoms with E-state index in [0.717, 1.165) is 32.4 Å². The van der Waals surface area contributed by atoms with Gasteiger partial charge in [0.05, 0.1) is 5.41 Å². The van der Waals surface area contributed by atoms with Crippen LogP contribution >= 0.6 is 25.3 Å². The molecular weight excluding hydrogens is 380 g/mol. The van der Waals surface area contributed by atoms with Crippen molar-refractivity contribution in [2.45, 2.75) is 15.2 Å². The summed E-state index contributed by atoms with van der Waals surface area (Å²) in [6, 6.07) is 33.5. The Labute approximate surface area is 175 Å². The molecule has 3 heteroatoms. The summed E-state index contributed by atoms with van der Waals surface area (Å²) in [6.07, 6.45) is 0. The van der Waals surface area contributed by atoms with Crippen LogP contribution in [0.3, 0.4) is 0 Å². The molecule has 0 spiro atoms. The minimum Gasteiger partial charge on any atom is -0.454 e. The number of thiol groups is 2. The Balaban J connectivity index is 2.00. The zero-order chi connectivity index (χ0) is 19.1. The Kier molecular flexibility index (Phi) is 4.22. The van der Waals surface area contributed by atoms with E-state index in [1.165, 1.54) is 11.1 Å². The molecule has 0 aromatic heterocycles. The van der Waals surface area contributed by atoms with Crippen molar-refractivity contribution < 1.29 is 4.74 Å². The van der Waals surface area contributed by atoms with Gasteiger partial charge in [0.1, 0.15) is 11.5 Å². The summed E-state index contributed by atoms with van der Waals surface area (Å²) >= 11 is 9.43. The summed E-state index contributed by atoms with van der Waals surface area (Å²) in [6.45, 7) is 0. The average molecular weight is 399 g/mol. The number of hydrogen-bond donors (Lipinski definition) is 2. The van der Waals surface area contributed by atoms with Gasteiger partial charge in [-0.3, -0.25) is 0 Å². The Morgan fingerprint density at radius 3 is 1.36 bits per heavy atom. The van der Waals surface area contributed by atoms with Gasteiger partial charge < -0.3 is 4.74 Å². The van der Waals surface area contributed by atoms with E-state index in [2.05, 4.69) is 60.7 Å². The maximum Gasteiger partial charge on any atom is 0.145 e. The van der Waals surface area contributed by atoms with Crippen LogP contribution in [0.25, 0.3) is 0 Å². The Bertz CT molecular complexity index is 1060. The molecule has 1 heterocycles. The number of para-hydroxylation sites is 2. The van der Waals surface area contributed by atoms with Crippen molar-refractivity contribution in [2.24, 2.45) is 0 Å². The summed E-state index contributed by atoms with van der Waals surface area (Å²) in [7, 11) is 0. The minimum absolute atomic E-state index is 0.511. The van der Waals surface area contributed by atoms with Crippen molar-refractivity contribution in [3.05, 3.63) is 119 Å². The third-order valence-corrected chi connectivity index (χ3v) is 6.12. The summed E-state index contributed by atoms with van der Waals surface area (Å²) in [5, 5.41) is 0. The highest BCUT2D eigenvalue weighted by Crippen LogP contribution is 2.57. The molecule has 0 saturated heterocycles. The molecule has 28 heavy (non-hydrogen) atoms. The summed E-state index contributed by atoms with van der Waals surface area (Å²) < 4.78 is 6.38. The standard InChI is InChI=1S/C25H18OS2/c27-21-15-7-13-19-23(21)26-24-20(14-8-16-22(24)28)25(19,17-9-3-1-4-10-17)18-11-5-2-6-12-18/h1-16,27-28H. The second-order valence-corrected chi connectivity index (χ2v) is 7.86. The quantitative estimate of drug-likeness (QED) is 0.313. The van der Waals surface area contributed by atoms with Crippen molar-refractivity contribution in [1.29, 1.82) is 0 Å². The largest absolute Gasteiger partial charge is 0.454 e. The lowest BCUT2D eigenvalue weighted by atomic mass is 9.63. The van der Waals surface area contributed by atoms with E-state index < -0.39 is 5.41 Å². The maximum atomic E-state index is 6.38. The third kappa shape index (κ3) is 2.43. The van der Waals surface area contributed by atoms with Crippen molar-refractivity contribution in [3.63, 3.8) is 0 Å². The number of benzene rings is 4. The fourth-order valence-electron chi connectivity index (χ4n) is 4.27. The van der Waals surface area contributed by atoms with E-state index in [-0.39, 0.29) is 0 Å². The number of fused-ring (bicyclic) bond motifs is 2. The van der Waals surface area contributed by atoms with Gasteiger partial charge in [-0.1, -0.05) is 84.9 Å². The van der Waals surface area contributed by atoms with E-state index in [0.29, 0.717) is 0 Å². The number of hydrogen-bond acceptors (Lipinski definition) is 3. The molecule has 136 valence electrons. The first-order valence-corrected chi connectivity index (χ1v) is 10.1. The topological polar surface area (TPSA) is 9.23 Å². The normalized spacial score (nSPS) is 13.9. The predicted octanol–water partition coefficient (Wildman–Crippen LogP) is 6.75. The monoisotopic (exact) mass is 398 g/mol. The second-order valence-electron chi connectivity index (χ2n) is 6.89. The van der Waals surface area contributed by atoms with Gasteiger partial charge in [0.25, 0.3) is 0 Å². The fourth-order valence-corrected chi connectivity index (χ4v) is 4.77. The summed E-state index contributed by atoms with van der Waals surface area (Å²) in [5.74, 6) is 1.57. The molecule has 0 aliphatic carbocycles.